The van der Waals surface area contributed by atoms with Crippen LogP contribution in [0.2, 0.25) is 0 Å². The van der Waals surface area contributed by atoms with Gasteiger partial charge in [0.25, 0.3) is 0 Å². The van der Waals surface area contributed by atoms with Gasteiger partial charge in [-0.2, -0.15) is 0 Å². The van der Waals surface area contributed by atoms with Crippen LogP contribution in [0.1, 0.15) is 29.8 Å². The lowest BCUT2D eigenvalue weighted by molar-refractivity contribution is 0.102. The Morgan fingerprint density at radius 1 is 1.04 bits per heavy atom. The van der Waals surface area contributed by atoms with Crippen LogP contribution in [0.3, 0.4) is 0 Å². The third-order valence-corrected chi connectivity index (χ3v) is 3.12. The number of pyridine rings is 1. The molecule has 0 fully saturated rings. The molecule has 23 heavy (non-hydrogen) atoms. The van der Waals surface area contributed by atoms with E-state index in [2.05, 4.69) is 4.98 Å². The van der Waals surface area contributed by atoms with E-state index in [0.29, 0.717) is 5.56 Å². The lowest BCUT2D eigenvalue weighted by Crippen LogP contribution is -2.23. The van der Waals surface area contributed by atoms with Crippen molar-refractivity contribution in [3.63, 3.8) is 0 Å². The van der Waals surface area contributed by atoms with Crippen molar-refractivity contribution in [2.24, 2.45) is 0 Å². The average molecular weight is 317 g/mol. The second-order valence-electron chi connectivity index (χ2n) is 5.09. The van der Waals surface area contributed by atoms with Gasteiger partial charge >= 0.3 is 0 Å². The fraction of sp³-hybridized carbons (Fsp3) is 0.294. The van der Waals surface area contributed by atoms with Gasteiger partial charge in [-0.05, 0) is 13.8 Å². The number of ketones is 1. The van der Waals surface area contributed by atoms with Crippen LogP contribution < -0.4 is 19.6 Å². The quantitative estimate of drug-likeness (QED) is 0.828. The first-order chi connectivity index (χ1) is 11.0. The molecule has 1 aromatic heterocycles. The van der Waals surface area contributed by atoms with Gasteiger partial charge in [0.05, 0.1) is 20.3 Å². The largest absolute Gasteiger partial charge is 0.488 e. The zero-order valence-corrected chi connectivity index (χ0v) is 13.5. The van der Waals surface area contributed by atoms with E-state index in [9.17, 15) is 9.59 Å². The first-order valence-electron chi connectivity index (χ1n) is 7.14. The van der Waals surface area contributed by atoms with Gasteiger partial charge in [0, 0.05) is 5.56 Å². The van der Waals surface area contributed by atoms with E-state index < -0.39 is 11.2 Å². The van der Waals surface area contributed by atoms with E-state index in [0.717, 1.165) is 0 Å². The van der Waals surface area contributed by atoms with E-state index in [1.165, 1.54) is 14.2 Å². The van der Waals surface area contributed by atoms with Gasteiger partial charge in [-0.25, -0.2) is 0 Å². The molecule has 1 N–H and O–H groups in total. The van der Waals surface area contributed by atoms with Crippen LogP contribution in [-0.2, 0) is 0 Å². The van der Waals surface area contributed by atoms with Gasteiger partial charge in [0.1, 0.15) is 5.56 Å². The molecular weight excluding hydrogens is 298 g/mol. The summed E-state index contributed by atoms with van der Waals surface area (Å²) < 4.78 is 15.8. The molecule has 0 bridgehead atoms. The number of ether oxygens (including phenoxy) is 3. The fourth-order valence-electron chi connectivity index (χ4n) is 2.14. The summed E-state index contributed by atoms with van der Waals surface area (Å²) in [6.07, 6.45) is -0.230. The molecule has 2 rings (SSSR count). The topological polar surface area (TPSA) is 77.6 Å². The van der Waals surface area contributed by atoms with E-state index in [-0.39, 0.29) is 29.2 Å². The highest BCUT2D eigenvalue weighted by Gasteiger charge is 2.26. The van der Waals surface area contributed by atoms with Crippen molar-refractivity contribution in [3.8, 4) is 17.5 Å². The maximum absolute atomic E-state index is 12.7. The zero-order valence-electron chi connectivity index (χ0n) is 13.5. The Bertz CT molecular complexity index is 750. The molecule has 0 aliphatic heterocycles. The number of rotatable bonds is 6. The van der Waals surface area contributed by atoms with E-state index in [1.54, 1.807) is 44.2 Å². The second kappa shape index (κ2) is 7.00. The Labute approximate surface area is 134 Å². The van der Waals surface area contributed by atoms with Gasteiger partial charge in [0.2, 0.25) is 28.7 Å². The molecule has 0 unspecified atom stereocenters. The third-order valence-electron chi connectivity index (χ3n) is 3.12. The maximum atomic E-state index is 12.7. The van der Waals surface area contributed by atoms with Crippen LogP contribution in [0.25, 0.3) is 0 Å². The molecule has 0 amide bonds. The molecule has 0 saturated carbocycles. The van der Waals surface area contributed by atoms with Crippen molar-refractivity contribution in [2.75, 3.05) is 14.2 Å². The molecule has 0 aliphatic carbocycles. The molecule has 122 valence electrons. The Kier molecular flexibility index (Phi) is 5.05. The first kappa shape index (κ1) is 16.6. The standard InChI is InChI=1S/C17H19NO5/c1-10(2)23-16-12(13(19)11-8-6-5-7-9-11)14(20)15(21-3)17(18-16)22-4/h5-10H,1-4H3,(H,18,20). The predicted molar refractivity (Wildman–Crippen MR) is 85.8 cm³/mol. The van der Waals surface area contributed by atoms with E-state index in [1.807, 2.05) is 0 Å². The molecule has 0 atom stereocenters. The van der Waals surface area contributed by atoms with Crippen molar-refractivity contribution in [3.05, 3.63) is 51.7 Å². The third kappa shape index (κ3) is 3.36. The Hall–Kier alpha value is -2.76. The highest BCUT2D eigenvalue weighted by molar-refractivity contribution is 6.10. The molecule has 0 spiro atoms. The second-order valence-corrected chi connectivity index (χ2v) is 5.09. The molecule has 1 aromatic carbocycles. The number of carbonyl (C=O) groups excluding carboxylic acids is 1. The number of hydrogen-bond acceptors (Lipinski definition) is 5. The van der Waals surface area contributed by atoms with Gasteiger partial charge in [-0.3, -0.25) is 14.6 Å². The molecule has 0 radical (unpaired) electrons. The molecule has 2 aromatic rings. The highest BCUT2D eigenvalue weighted by atomic mass is 16.5. The van der Waals surface area contributed by atoms with Crippen LogP contribution in [0.15, 0.2) is 35.1 Å². The van der Waals surface area contributed by atoms with Crippen molar-refractivity contribution in [1.82, 2.24) is 4.98 Å². The van der Waals surface area contributed by atoms with Crippen LogP contribution in [0.4, 0.5) is 0 Å². The monoisotopic (exact) mass is 317 g/mol. The van der Waals surface area contributed by atoms with Crippen LogP contribution in [0, 0.1) is 0 Å². The summed E-state index contributed by atoms with van der Waals surface area (Å²) in [7, 11) is 2.73. The average Bonchev–Trinajstić information content (AvgIpc) is 2.54. The van der Waals surface area contributed by atoms with Gasteiger partial charge in [-0.15, -0.1) is 0 Å². The predicted octanol–water partition coefficient (Wildman–Crippen LogP) is 2.41. The molecular formula is C17H19NO5. The molecule has 1 heterocycles. The minimum Gasteiger partial charge on any atom is -0.488 e. The van der Waals surface area contributed by atoms with Crippen molar-refractivity contribution in [1.29, 1.82) is 0 Å². The Balaban J connectivity index is 2.69. The number of methoxy groups -OCH3 is 2. The highest BCUT2D eigenvalue weighted by Crippen LogP contribution is 2.27. The normalized spacial score (nSPS) is 10.5. The lowest BCUT2D eigenvalue weighted by atomic mass is 10.0. The zero-order chi connectivity index (χ0) is 17.0. The summed E-state index contributed by atoms with van der Waals surface area (Å²) in [6.45, 7) is 3.59. The number of aromatic amines is 1. The Morgan fingerprint density at radius 2 is 1.70 bits per heavy atom. The molecule has 0 saturated heterocycles. The van der Waals surface area contributed by atoms with Gasteiger partial charge < -0.3 is 14.2 Å². The summed E-state index contributed by atoms with van der Waals surface area (Å²) in [6, 6.07) is 8.52. The van der Waals surface area contributed by atoms with Crippen molar-refractivity contribution < 1.29 is 19.0 Å². The summed E-state index contributed by atoms with van der Waals surface area (Å²) >= 11 is 0. The smallest absolute Gasteiger partial charge is 0.242 e. The maximum Gasteiger partial charge on any atom is 0.242 e. The summed E-state index contributed by atoms with van der Waals surface area (Å²) in [5.41, 5.74) is -0.297. The summed E-state index contributed by atoms with van der Waals surface area (Å²) in [5.74, 6) is -0.333. The minimum atomic E-state index is -0.576. The SMILES string of the molecule is COc1[nH]c(OC(C)C)c(C(=O)c2ccccc2)c(=O)c1OC. The van der Waals surface area contributed by atoms with Gasteiger partial charge in [-0.1, -0.05) is 30.3 Å². The first-order valence-corrected chi connectivity index (χ1v) is 7.14. The van der Waals surface area contributed by atoms with Crippen LogP contribution in [0.5, 0.6) is 17.5 Å². The lowest BCUT2D eigenvalue weighted by Gasteiger charge is -2.16. The fourth-order valence-corrected chi connectivity index (χ4v) is 2.14. The van der Waals surface area contributed by atoms with Crippen molar-refractivity contribution >= 4 is 5.78 Å². The van der Waals surface area contributed by atoms with E-state index >= 15 is 0 Å². The number of hydrogen-bond donors (Lipinski definition) is 1. The minimum absolute atomic E-state index is 0.0662. The number of H-pyrrole nitrogens is 1. The van der Waals surface area contributed by atoms with Crippen LogP contribution in [-0.4, -0.2) is 31.1 Å². The molecule has 0 aliphatic rings. The summed E-state index contributed by atoms with van der Waals surface area (Å²) in [4.78, 5) is 28.2. The number of carbonyl (C=O) groups is 1. The molecule has 6 heteroatoms. The van der Waals surface area contributed by atoms with Crippen molar-refractivity contribution in [2.45, 2.75) is 20.0 Å². The Morgan fingerprint density at radius 3 is 2.22 bits per heavy atom. The van der Waals surface area contributed by atoms with E-state index in [4.69, 9.17) is 14.2 Å². The number of nitrogens with one attached hydrogen (secondary N) is 1. The number of benzene rings is 1. The molecule has 6 nitrogen and oxygen atoms in total. The summed E-state index contributed by atoms with van der Waals surface area (Å²) in [5, 5.41) is 0. The number of aromatic nitrogens is 1. The van der Waals surface area contributed by atoms with Gasteiger partial charge in [0.15, 0.2) is 0 Å². The van der Waals surface area contributed by atoms with Crippen LogP contribution >= 0.6 is 0 Å².